The Balaban J connectivity index is 2.29. The average Bonchev–Trinajstić information content (AvgIpc) is 2.81. The van der Waals surface area contributed by atoms with Crippen LogP contribution in [0.4, 0.5) is 5.69 Å². The number of allylic oxidation sites excluding steroid dienone is 1. The predicted molar refractivity (Wildman–Crippen MR) is 126 cm³/mol. The molecular weight excluding hydrogens is 392 g/mol. The minimum absolute atomic E-state index is 0.570. The van der Waals surface area contributed by atoms with Gasteiger partial charge in [0, 0.05) is 37.0 Å². The Bertz CT molecular complexity index is 866. The molecule has 0 N–H and O–H groups in total. The number of carbonyl (C=O) groups excluding carboxylic acids is 1. The molecular formula is C25H34N2O4. The zero-order chi connectivity index (χ0) is 22.6. The van der Waals surface area contributed by atoms with Crippen molar-refractivity contribution in [3.8, 4) is 17.2 Å². The Morgan fingerprint density at radius 2 is 1.71 bits per heavy atom. The summed E-state index contributed by atoms with van der Waals surface area (Å²) < 4.78 is 17.1. The van der Waals surface area contributed by atoms with Gasteiger partial charge < -0.3 is 24.0 Å². The Kier molecular flexibility index (Phi) is 9.91. The first kappa shape index (κ1) is 24.3. The lowest BCUT2D eigenvalue weighted by Gasteiger charge is -2.25. The van der Waals surface area contributed by atoms with E-state index in [-0.39, 0.29) is 0 Å². The monoisotopic (exact) mass is 426 g/mol. The van der Waals surface area contributed by atoms with Crippen LogP contribution in [0.3, 0.4) is 0 Å². The van der Waals surface area contributed by atoms with Gasteiger partial charge in [0.1, 0.15) is 18.6 Å². The van der Waals surface area contributed by atoms with Gasteiger partial charge in [0.2, 0.25) is 0 Å². The molecule has 0 aliphatic carbocycles. The number of methoxy groups -OCH3 is 2. The van der Waals surface area contributed by atoms with Crippen LogP contribution in [0, 0.1) is 0 Å². The van der Waals surface area contributed by atoms with Crippen LogP contribution in [0.1, 0.15) is 25.8 Å². The second-order valence-electron chi connectivity index (χ2n) is 7.07. The molecule has 0 saturated carbocycles. The number of carbonyl (C=O) groups is 1. The van der Waals surface area contributed by atoms with E-state index in [4.69, 9.17) is 14.2 Å². The number of aldehydes is 1. The number of hydrogen-bond donors (Lipinski definition) is 0. The second-order valence-corrected chi connectivity index (χ2v) is 7.07. The number of nitrogens with zero attached hydrogens (tertiary/aromatic N) is 2. The molecule has 0 fully saturated rings. The molecule has 0 aliphatic rings. The fraction of sp³-hybridized carbons (Fsp3) is 0.400. The molecule has 0 amide bonds. The summed E-state index contributed by atoms with van der Waals surface area (Å²) in [7, 11) is 5.16. The van der Waals surface area contributed by atoms with E-state index in [9.17, 15) is 4.79 Å². The number of hydrogen-bond acceptors (Lipinski definition) is 6. The lowest BCUT2D eigenvalue weighted by molar-refractivity contribution is -0.104. The fourth-order valence-corrected chi connectivity index (χ4v) is 3.46. The number of anilines is 1. The normalized spacial score (nSPS) is 11.4. The zero-order valence-corrected chi connectivity index (χ0v) is 19.3. The van der Waals surface area contributed by atoms with E-state index in [2.05, 4.69) is 18.7 Å². The number of likely N-dealkylation sites (N-methyl/N-ethyl adjacent to an activating group) is 1. The molecule has 168 valence electrons. The summed E-state index contributed by atoms with van der Waals surface area (Å²) in [4.78, 5) is 15.7. The Labute approximate surface area is 186 Å². The summed E-state index contributed by atoms with van der Waals surface area (Å²) in [6.07, 6.45) is 3.44. The molecule has 0 aliphatic heterocycles. The molecule has 2 aromatic carbocycles. The Hall–Kier alpha value is -2.99. The van der Waals surface area contributed by atoms with Crippen molar-refractivity contribution in [2.75, 3.05) is 52.4 Å². The molecule has 0 bridgehead atoms. The van der Waals surface area contributed by atoms with Gasteiger partial charge in [-0.1, -0.05) is 26.0 Å². The number of rotatable bonds is 13. The SMILES string of the molecule is CCCN(CC)CCOc1cc(N(C)/C(=C/C=O)c2ccccc2OC)ccc1OC. The minimum Gasteiger partial charge on any atom is -0.496 e. The van der Waals surface area contributed by atoms with Gasteiger partial charge >= 0.3 is 0 Å². The molecule has 0 aromatic heterocycles. The lowest BCUT2D eigenvalue weighted by Crippen LogP contribution is -2.29. The van der Waals surface area contributed by atoms with Gasteiger partial charge in [-0.15, -0.1) is 0 Å². The molecule has 31 heavy (non-hydrogen) atoms. The molecule has 0 spiro atoms. The van der Waals surface area contributed by atoms with E-state index in [0.717, 1.165) is 49.3 Å². The van der Waals surface area contributed by atoms with Crippen molar-refractivity contribution in [3.05, 3.63) is 54.1 Å². The van der Waals surface area contributed by atoms with E-state index >= 15 is 0 Å². The average molecular weight is 427 g/mol. The van der Waals surface area contributed by atoms with Gasteiger partial charge in [-0.2, -0.15) is 0 Å². The fourth-order valence-electron chi connectivity index (χ4n) is 3.46. The van der Waals surface area contributed by atoms with Gasteiger partial charge in [-0.05, 0) is 43.8 Å². The third-order valence-corrected chi connectivity index (χ3v) is 5.16. The van der Waals surface area contributed by atoms with Crippen LogP contribution in [0.2, 0.25) is 0 Å². The highest BCUT2D eigenvalue weighted by atomic mass is 16.5. The maximum absolute atomic E-state index is 11.4. The van der Waals surface area contributed by atoms with Gasteiger partial charge in [-0.25, -0.2) is 0 Å². The Morgan fingerprint density at radius 1 is 0.968 bits per heavy atom. The molecule has 6 heteroatoms. The maximum Gasteiger partial charge on any atom is 0.163 e. The molecule has 2 aromatic rings. The lowest BCUT2D eigenvalue weighted by atomic mass is 10.1. The highest BCUT2D eigenvalue weighted by Gasteiger charge is 2.16. The third-order valence-electron chi connectivity index (χ3n) is 5.16. The highest BCUT2D eigenvalue weighted by molar-refractivity contribution is 5.90. The maximum atomic E-state index is 11.4. The number of ether oxygens (including phenoxy) is 3. The van der Waals surface area contributed by atoms with Crippen molar-refractivity contribution < 1.29 is 19.0 Å². The smallest absolute Gasteiger partial charge is 0.163 e. The van der Waals surface area contributed by atoms with Gasteiger partial charge in [0.25, 0.3) is 0 Å². The van der Waals surface area contributed by atoms with Crippen LogP contribution in [0.25, 0.3) is 5.70 Å². The van der Waals surface area contributed by atoms with Crippen molar-refractivity contribution >= 4 is 17.7 Å². The molecule has 2 rings (SSSR count). The molecule has 0 heterocycles. The summed E-state index contributed by atoms with van der Waals surface area (Å²) >= 11 is 0. The van der Waals surface area contributed by atoms with Crippen molar-refractivity contribution in [3.63, 3.8) is 0 Å². The summed E-state index contributed by atoms with van der Waals surface area (Å²) in [5.41, 5.74) is 2.43. The highest BCUT2D eigenvalue weighted by Crippen LogP contribution is 2.36. The largest absolute Gasteiger partial charge is 0.496 e. The van der Waals surface area contributed by atoms with Crippen LogP contribution in [0.5, 0.6) is 17.2 Å². The van der Waals surface area contributed by atoms with Crippen molar-refractivity contribution in [1.29, 1.82) is 0 Å². The van der Waals surface area contributed by atoms with Crippen molar-refractivity contribution in [1.82, 2.24) is 4.90 Å². The topological polar surface area (TPSA) is 51.2 Å². The summed E-state index contributed by atoms with van der Waals surface area (Å²) in [5, 5.41) is 0. The van der Waals surface area contributed by atoms with Gasteiger partial charge in [-0.3, -0.25) is 4.79 Å². The second kappa shape index (κ2) is 12.6. The van der Waals surface area contributed by atoms with E-state index < -0.39 is 0 Å². The van der Waals surface area contributed by atoms with E-state index in [0.29, 0.717) is 23.9 Å². The summed E-state index contributed by atoms with van der Waals surface area (Å²) in [5.74, 6) is 2.04. The molecule has 0 atom stereocenters. The van der Waals surface area contributed by atoms with Crippen LogP contribution in [-0.4, -0.2) is 58.7 Å². The van der Waals surface area contributed by atoms with Crippen LogP contribution < -0.4 is 19.1 Å². The standard InChI is InChI=1S/C25H34N2O4/c1-6-15-27(7-2)16-18-31-25-19-20(12-13-24(25)30-5)26(3)22(14-17-28)21-10-8-9-11-23(21)29-4/h8-14,17,19H,6-7,15-16,18H2,1-5H3/b22-14+. The van der Waals surface area contributed by atoms with E-state index in [1.807, 2.05) is 54.4 Å². The number of para-hydroxylation sites is 1. The molecule has 0 radical (unpaired) electrons. The van der Waals surface area contributed by atoms with E-state index in [1.165, 1.54) is 6.08 Å². The quantitative estimate of drug-likeness (QED) is 0.347. The predicted octanol–water partition coefficient (Wildman–Crippen LogP) is 4.49. The summed E-state index contributed by atoms with van der Waals surface area (Å²) in [6.45, 7) is 7.81. The first-order valence-electron chi connectivity index (χ1n) is 10.6. The minimum atomic E-state index is 0.570. The van der Waals surface area contributed by atoms with Crippen LogP contribution in [-0.2, 0) is 4.79 Å². The van der Waals surface area contributed by atoms with E-state index in [1.54, 1.807) is 14.2 Å². The van der Waals surface area contributed by atoms with Crippen molar-refractivity contribution in [2.24, 2.45) is 0 Å². The van der Waals surface area contributed by atoms with Crippen LogP contribution in [0.15, 0.2) is 48.5 Å². The molecule has 6 nitrogen and oxygen atoms in total. The first-order valence-corrected chi connectivity index (χ1v) is 10.6. The first-order chi connectivity index (χ1) is 15.1. The summed E-state index contributed by atoms with van der Waals surface area (Å²) in [6, 6.07) is 13.4. The molecule has 0 saturated heterocycles. The van der Waals surface area contributed by atoms with Crippen molar-refractivity contribution in [2.45, 2.75) is 20.3 Å². The zero-order valence-electron chi connectivity index (χ0n) is 19.3. The third kappa shape index (κ3) is 6.49. The van der Waals surface area contributed by atoms with Gasteiger partial charge in [0.05, 0.1) is 19.9 Å². The number of benzene rings is 2. The molecule has 0 unspecified atom stereocenters. The Morgan fingerprint density at radius 3 is 2.35 bits per heavy atom. The van der Waals surface area contributed by atoms with Gasteiger partial charge in [0.15, 0.2) is 11.5 Å². The van der Waals surface area contributed by atoms with Crippen LogP contribution >= 0.6 is 0 Å².